The predicted molar refractivity (Wildman–Crippen MR) is 51.1 cm³/mol. The molecule has 0 atom stereocenters. The minimum atomic E-state index is -0.129. The number of allylic oxidation sites excluding steroid dienone is 4. The Morgan fingerprint density at radius 2 is 2.08 bits per heavy atom. The molecule has 0 aromatic rings. The van der Waals surface area contributed by atoms with Crippen LogP contribution in [0.15, 0.2) is 36.1 Å². The molecule has 2 rings (SSSR count). The molecule has 1 N–H and O–H groups in total. The van der Waals surface area contributed by atoms with Gasteiger partial charge in [-0.1, -0.05) is 0 Å². The fourth-order valence-electron chi connectivity index (χ4n) is 1.63. The Bertz CT molecular complexity index is 394. The third-order valence-corrected chi connectivity index (χ3v) is 2.70. The Labute approximate surface area is 77.4 Å². The van der Waals surface area contributed by atoms with Crippen molar-refractivity contribution in [2.75, 3.05) is 0 Å². The first-order chi connectivity index (χ1) is 6.01. The van der Waals surface area contributed by atoms with Crippen molar-refractivity contribution in [1.29, 1.82) is 0 Å². The number of carbonyl (C=O) groups is 1. The number of hydrogen-bond acceptors (Lipinski definition) is 1. The Kier molecular flexibility index (Phi) is 1.44. The fourth-order valence-corrected chi connectivity index (χ4v) is 1.63. The molecule has 0 spiro atoms. The number of rotatable bonds is 0. The van der Waals surface area contributed by atoms with Crippen molar-refractivity contribution in [3.05, 3.63) is 36.1 Å². The highest BCUT2D eigenvalue weighted by molar-refractivity contribution is 6.19. The number of nitrogens with one attached hydrogen (secondary N) is 1. The van der Waals surface area contributed by atoms with Gasteiger partial charge in [0.25, 0.3) is 0 Å². The summed E-state index contributed by atoms with van der Waals surface area (Å²) in [6, 6.07) is 0. The third kappa shape index (κ3) is 1.02. The second-order valence-corrected chi connectivity index (χ2v) is 3.94. The van der Waals surface area contributed by atoms with Gasteiger partial charge in [0.1, 0.15) is 0 Å². The van der Waals surface area contributed by atoms with E-state index in [1.54, 1.807) is 12.2 Å². The molecule has 1 aliphatic heterocycles. The SMILES string of the molecule is C=C1[NH+]=C2C=CC(=O)C=C2C1(C)C. The molecule has 0 aromatic carbocycles. The van der Waals surface area contributed by atoms with Crippen molar-refractivity contribution in [3.63, 3.8) is 0 Å². The van der Waals surface area contributed by atoms with Crippen LogP contribution in [-0.2, 0) is 4.79 Å². The van der Waals surface area contributed by atoms with Crippen LogP contribution in [0, 0.1) is 5.41 Å². The summed E-state index contributed by atoms with van der Waals surface area (Å²) in [4.78, 5) is 14.3. The highest BCUT2D eigenvalue weighted by Crippen LogP contribution is 2.34. The van der Waals surface area contributed by atoms with Crippen LogP contribution in [0.5, 0.6) is 0 Å². The van der Waals surface area contributed by atoms with E-state index in [0.29, 0.717) is 0 Å². The van der Waals surface area contributed by atoms with Gasteiger partial charge in [-0.15, -0.1) is 0 Å². The summed E-state index contributed by atoms with van der Waals surface area (Å²) >= 11 is 0. The molecule has 66 valence electrons. The van der Waals surface area contributed by atoms with E-state index in [1.165, 1.54) is 0 Å². The molecule has 1 aliphatic carbocycles. The lowest BCUT2D eigenvalue weighted by Gasteiger charge is -2.16. The number of hydrogen-bond donors (Lipinski definition) is 1. The Hall–Kier alpha value is -1.44. The first-order valence-corrected chi connectivity index (χ1v) is 4.30. The van der Waals surface area contributed by atoms with Crippen LogP contribution in [0.25, 0.3) is 0 Å². The lowest BCUT2D eigenvalue weighted by atomic mass is 9.80. The molecule has 2 nitrogen and oxygen atoms in total. The molecule has 0 fully saturated rings. The van der Waals surface area contributed by atoms with Crippen molar-refractivity contribution in [2.24, 2.45) is 5.41 Å². The van der Waals surface area contributed by atoms with E-state index in [2.05, 4.69) is 25.4 Å². The molecule has 0 bridgehead atoms. The smallest absolute Gasteiger partial charge is 0.208 e. The van der Waals surface area contributed by atoms with Gasteiger partial charge in [0, 0.05) is 11.6 Å². The Morgan fingerprint density at radius 3 is 2.77 bits per heavy atom. The van der Waals surface area contributed by atoms with E-state index in [-0.39, 0.29) is 11.2 Å². The van der Waals surface area contributed by atoms with Gasteiger partial charge in [-0.3, -0.25) is 4.79 Å². The van der Waals surface area contributed by atoms with E-state index < -0.39 is 0 Å². The Balaban J connectivity index is 2.57. The lowest BCUT2D eigenvalue weighted by molar-refractivity contribution is -0.398. The first kappa shape index (κ1) is 8.17. The van der Waals surface area contributed by atoms with E-state index in [9.17, 15) is 4.79 Å². The van der Waals surface area contributed by atoms with Crippen LogP contribution in [0.2, 0.25) is 0 Å². The number of fused-ring (bicyclic) bond motifs is 1. The van der Waals surface area contributed by atoms with Gasteiger partial charge < -0.3 is 0 Å². The van der Waals surface area contributed by atoms with Gasteiger partial charge in [-0.25, -0.2) is 4.99 Å². The second-order valence-electron chi connectivity index (χ2n) is 3.94. The van der Waals surface area contributed by atoms with Gasteiger partial charge in [0.15, 0.2) is 11.5 Å². The maximum Gasteiger partial charge on any atom is 0.208 e. The molecule has 0 saturated carbocycles. The predicted octanol–water partition coefficient (Wildman–Crippen LogP) is 0.127. The first-order valence-electron chi connectivity index (χ1n) is 4.30. The zero-order valence-electron chi connectivity index (χ0n) is 7.85. The zero-order valence-corrected chi connectivity index (χ0v) is 7.85. The number of ketones is 1. The van der Waals surface area contributed by atoms with Crippen LogP contribution in [0.4, 0.5) is 0 Å². The molecule has 13 heavy (non-hydrogen) atoms. The van der Waals surface area contributed by atoms with Crippen LogP contribution in [0.3, 0.4) is 0 Å². The summed E-state index contributed by atoms with van der Waals surface area (Å²) in [5.41, 5.74) is 2.88. The molecular formula is C11H12NO+. The topological polar surface area (TPSA) is 31.0 Å². The third-order valence-electron chi connectivity index (χ3n) is 2.70. The average Bonchev–Trinajstić information content (AvgIpc) is 2.27. The molecule has 1 heterocycles. The molecule has 2 aliphatic rings. The van der Waals surface area contributed by atoms with Gasteiger partial charge >= 0.3 is 0 Å². The summed E-state index contributed by atoms with van der Waals surface area (Å²) < 4.78 is 0. The maximum atomic E-state index is 11.2. The average molecular weight is 174 g/mol. The highest BCUT2D eigenvalue weighted by atomic mass is 16.1. The summed E-state index contributed by atoms with van der Waals surface area (Å²) in [7, 11) is 0. The monoisotopic (exact) mass is 174 g/mol. The van der Waals surface area contributed by atoms with Crippen molar-refractivity contribution >= 4 is 11.5 Å². The van der Waals surface area contributed by atoms with Crippen molar-refractivity contribution in [3.8, 4) is 0 Å². The van der Waals surface area contributed by atoms with Crippen molar-refractivity contribution < 1.29 is 9.79 Å². The summed E-state index contributed by atoms with van der Waals surface area (Å²) in [5.74, 6) is 0.0586. The maximum absolute atomic E-state index is 11.2. The molecule has 0 radical (unpaired) electrons. The van der Waals surface area contributed by atoms with Gasteiger partial charge in [0.05, 0.1) is 5.41 Å². The van der Waals surface area contributed by atoms with E-state index in [0.717, 1.165) is 17.0 Å². The minimum Gasteiger partial charge on any atom is -0.290 e. The van der Waals surface area contributed by atoms with Crippen LogP contribution < -0.4 is 4.99 Å². The molecule has 0 aromatic heterocycles. The van der Waals surface area contributed by atoms with E-state index in [4.69, 9.17) is 0 Å². The van der Waals surface area contributed by atoms with Crippen LogP contribution in [0.1, 0.15) is 13.8 Å². The normalized spacial score (nSPS) is 24.2. The lowest BCUT2D eigenvalue weighted by Crippen LogP contribution is -2.67. The van der Waals surface area contributed by atoms with Crippen molar-refractivity contribution in [2.45, 2.75) is 13.8 Å². The van der Waals surface area contributed by atoms with Gasteiger partial charge in [0.2, 0.25) is 5.71 Å². The Morgan fingerprint density at radius 1 is 1.38 bits per heavy atom. The summed E-state index contributed by atoms with van der Waals surface area (Å²) in [5, 5.41) is 0. The second kappa shape index (κ2) is 2.28. The van der Waals surface area contributed by atoms with Gasteiger partial charge in [-0.05, 0) is 32.6 Å². The largest absolute Gasteiger partial charge is 0.290 e. The molecule has 0 saturated heterocycles. The van der Waals surface area contributed by atoms with Crippen LogP contribution >= 0.6 is 0 Å². The summed E-state index contributed by atoms with van der Waals surface area (Å²) in [6.07, 6.45) is 5.07. The molecule has 0 amide bonds. The minimum absolute atomic E-state index is 0.0586. The van der Waals surface area contributed by atoms with Crippen LogP contribution in [-0.4, -0.2) is 11.5 Å². The van der Waals surface area contributed by atoms with E-state index in [1.807, 2.05) is 6.08 Å². The van der Waals surface area contributed by atoms with E-state index >= 15 is 0 Å². The van der Waals surface area contributed by atoms with Gasteiger partial charge in [-0.2, -0.15) is 0 Å². The quantitative estimate of drug-likeness (QED) is 0.520. The zero-order chi connectivity index (χ0) is 9.64. The number of carbonyl (C=O) groups excluding carboxylic acids is 1. The molecular weight excluding hydrogens is 162 g/mol. The van der Waals surface area contributed by atoms with Crippen molar-refractivity contribution in [1.82, 2.24) is 0 Å². The highest BCUT2D eigenvalue weighted by Gasteiger charge is 2.42. The standard InChI is InChI=1S/C11H11NO/c1-7-11(2,3)9-6-8(13)4-5-10(9)12-7/h4-6H,1H2,2-3H3/p+1. The summed E-state index contributed by atoms with van der Waals surface area (Å²) in [6.45, 7) is 8.06. The molecule has 2 heteroatoms. The molecule has 0 unspecified atom stereocenters. The fraction of sp³-hybridized carbons (Fsp3) is 0.273.